The first-order chi connectivity index (χ1) is 15.2. The van der Waals surface area contributed by atoms with Crippen LogP contribution in [0.25, 0.3) is 0 Å². The predicted octanol–water partition coefficient (Wildman–Crippen LogP) is 4.92. The maximum Gasteiger partial charge on any atom is 0.271 e. The maximum absolute atomic E-state index is 13.1. The summed E-state index contributed by atoms with van der Waals surface area (Å²) in [5.41, 5.74) is 1.55. The lowest BCUT2D eigenvalue weighted by molar-refractivity contribution is -0.385. The molecular weight excluding hydrogens is 448 g/mol. The summed E-state index contributed by atoms with van der Waals surface area (Å²) in [5, 5.41) is 16.1. The second-order valence-corrected chi connectivity index (χ2v) is 10.5. The van der Waals surface area contributed by atoms with E-state index in [0.29, 0.717) is 0 Å². The molecule has 9 heteroatoms. The Morgan fingerprint density at radius 3 is 2.44 bits per heavy atom. The van der Waals surface area contributed by atoms with E-state index in [1.807, 2.05) is 41.8 Å². The fraction of sp³-hybridized carbons (Fsp3) is 0.261. The first kappa shape index (κ1) is 23.6. The number of non-ortho nitro benzene ring substituents is 1. The minimum absolute atomic E-state index is 0.0826. The Balaban J connectivity index is 1.95. The van der Waals surface area contributed by atoms with Crippen LogP contribution in [0.3, 0.4) is 0 Å². The second-order valence-electron chi connectivity index (χ2n) is 7.51. The fourth-order valence-electron chi connectivity index (χ4n) is 3.28. The molecular formula is C23H24N2O5S2. The van der Waals surface area contributed by atoms with Gasteiger partial charge in [-0.25, -0.2) is 8.42 Å². The van der Waals surface area contributed by atoms with Gasteiger partial charge in [0.2, 0.25) is 0 Å². The average molecular weight is 473 g/mol. The zero-order chi connectivity index (χ0) is 23.3. The molecule has 0 spiro atoms. The van der Waals surface area contributed by atoms with Crippen LogP contribution in [0.15, 0.2) is 64.9 Å². The number of amides is 1. The molecule has 1 heterocycles. The van der Waals surface area contributed by atoms with Crippen LogP contribution < -0.4 is 5.32 Å². The highest BCUT2D eigenvalue weighted by molar-refractivity contribution is 7.90. The van der Waals surface area contributed by atoms with Gasteiger partial charge in [0.05, 0.1) is 15.9 Å². The highest BCUT2D eigenvalue weighted by atomic mass is 32.2. The third kappa shape index (κ3) is 5.80. The van der Waals surface area contributed by atoms with Gasteiger partial charge in [0.1, 0.15) is 0 Å². The topological polar surface area (TPSA) is 106 Å². The van der Waals surface area contributed by atoms with Gasteiger partial charge in [-0.2, -0.15) is 0 Å². The molecule has 0 aliphatic rings. The minimum Gasteiger partial charge on any atom is -0.340 e. The van der Waals surface area contributed by atoms with Crippen molar-refractivity contribution >= 4 is 32.8 Å². The maximum atomic E-state index is 13.1. The van der Waals surface area contributed by atoms with Crippen LogP contribution in [-0.2, 0) is 16.3 Å². The van der Waals surface area contributed by atoms with Gasteiger partial charge in [0.25, 0.3) is 11.6 Å². The van der Waals surface area contributed by atoms with Crippen molar-refractivity contribution < 1.29 is 18.1 Å². The lowest BCUT2D eigenvalue weighted by Gasteiger charge is -2.19. The fourth-order valence-corrected chi connectivity index (χ4v) is 4.76. The number of carbonyl (C=O) groups is 1. The largest absolute Gasteiger partial charge is 0.340 e. The summed E-state index contributed by atoms with van der Waals surface area (Å²) >= 11 is 1.48. The van der Waals surface area contributed by atoms with Crippen LogP contribution >= 0.6 is 11.3 Å². The zero-order valence-electron chi connectivity index (χ0n) is 17.8. The molecule has 0 fully saturated rings. The van der Waals surface area contributed by atoms with Gasteiger partial charge >= 0.3 is 0 Å². The summed E-state index contributed by atoms with van der Waals surface area (Å²) in [7, 11) is -3.73. The second kappa shape index (κ2) is 10.1. The van der Waals surface area contributed by atoms with E-state index >= 15 is 0 Å². The number of carbonyl (C=O) groups excluding carboxylic acids is 1. The van der Waals surface area contributed by atoms with E-state index in [0.717, 1.165) is 54.2 Å². The monoisotopic (exact) mass is 472 g/mol. The average Bonchev–Trinajstić information content (AvgIpc) is 3.30. The van der Waals surface area contributed by atoms with Gasteiger partial charge in [-0.1, -0.05) is 43.7 Å². The zero-order valence-corrected chi connectivity index (χ0v) is 19.4. The van der Waals surface area contributed by atoms with E-state index < -0.39 is 32.4 Å². The van der Waals surface area contributed by atoms with Crippen molar-refractivity contribution in [3.63, 3.8) is 0 Å². The molecule has 7 nitrogen and oxygen atoms in total. The summed E-state index contributed by atoms with van der Waals surface area (Å²) in [5.74, 6) is -0.591. The van der Waals surface area contributed by atoms with E-state index in [1.165, 1.54) is 16.9 Å². The first-order valence-electron chi connectivity index (χ1n) is 10.1. The first-order valence-corrected chi connectivity index (χ1v) is 12.9. The van der Waals surface area contributed by atoms with E-state index in [4.69, 9.17) is 0 Å². The normalized spacial score (nSPS) is 12.3. The number of nitrogens with one attached hydrogen (secondary N) is 1. The van der Waals surface area contributed by atoms with Crippen molar-refractivity contribution in [2.24, 2.45) is 0 Å². The molecule has 1 aromatic heterocycles. The van der Waals surface area contributed by atoms with Gasteiger partial charge < -0.3 is 5.32 Å². The van der Waals surface area contributed by atoms with Gasteiger partial charge in [-0.15, -0.1) is 11.3 Å². The Bertz CT molecular complexity index is 1200. The number of nitro benzene ring substituents is 1. The van der Waals surface area contributed by atoms with Crippen molar-refractivity contribution in [3.8, 4) is 0 Å². The number of thiophene rings is 1. The molecule has 0 saturated carbocycles. The molecule has 1 unspecified atom stereocenters. The number of hydrogen-bond acceptors (Lipinski definition) is 6. The van der Waals surface area contributed by atoms with Crippen LogP contribution in [-0.4, -0.2) is 25.5 Å². The van der Waals surface area contributed by atoms with Crippen LogP contribution in [0.5, 0.6) is 0 Å². The summed E-state index contributed by atoms with van der Waals surface area (Å²) in [6, 6.07) is 14.5. The minimum atomic E-state index is -3.73. The molecule has 168 valence electrons. The Labute approximate surface area is 191 Å². The van der Waals surface area contributed by atoms with Gasteiger partial charge in [0.15, 0.2) is 9.84 Å². The number of unbranched alkanes of at least 4 members (excludes halogenated alkanes) is 1. The molecule has 2 aromatic carbocycles. The molecule has 1 N–H and O–H groups in total. The number of rotatable bonds is 9. The Hall–Kier alpha value is -3.04. The molecule has 0 aliphatic carbocycles. The lowest BCUT2D eigenvalue weighted by atomic mass is 10.0. The molecule has 0 saturated heterocycles. The van der Waals surface area contributed by atoms with Crippen molar-refractivity contribution in [1.29, 1.82) is 0 Å². The smallest absolute Gasteiger partial charge is 0.271 e. The highest BCUT2D eigenvalue weighted by Gasteiger charge is 2.23. The summed E-state index contributed by atoms with van der Waals surface area (Å²) in [6.45, 7) is 2.14. The number of nitrogens with zero attached hydrogens (tertiary/aromatic N) is 1. The predicted molar refractivity (Wildman–Crippen MR) is 125 cm³/mol. The van der Waals surface area contributed by atoms with E-state index in [2.05, 4.69) is 12.2 Å². The van der Waals surface area contributed by atoms with Gasteiger partial charge in [-0.05, 0) is 41.5 Å². The number of nitro groups is 1. The number of aryl methyl sites for hydroxylation is 1. The third-order valence-electron chi connectivity index (χ3n) is 5.03. The highest BCUT2D eigenvalue weighted by Crippen LogP contribution is 2.28. The molecule has 0 bridgehead atoms. The standard InChI is InChI=1S/C23H24N2O5S2/c1-3-4-6-16-8-10-17(11-9-16)22(21-7-5-12-31-21)24-23(26)18-13-19(25(27)28)15-20(14-18)32(2,29)30/h5,7-15,22H,3-4,6H2,1-2H3,(H,24,26). The molecule has 0 radical (unpaired) electrons. The Kier molecular flexibility index (Phi) is 7.42. The quantitative estimate of drug-likeness (QED) is 0.351. The number of sulfone groups is 1. The Morgan fingerprint density at radius 1 is 1.16 bits per heavy atom. The molecule has 0 aliphatic heterocycles. The lowest BCUT2D eigenvalue weighted by Crippen LogP contribution is -2.29. The molecule has 1 amide bonds. The van der Waals surface area contributed by atoms with Crippen molar-refractivity contribution in [3.05, 3.63) is 91.7 Å². The summed E-state index contributed by atoms with van der Waals surface area (Å²) < 4.78 is 23.9. The van der Waals surface area contributed by atoms with Crippen molar-refractivity contribution in [1.82, 2.24) is 5.32 Å². The molecule has 3 rings (SSSR count). The summed E-state index contributed by atoms with van der Waals surface area (Å²) in [4.78, 5) is 24.2. The number of benzene rings is 2. The van der Waals surface area contributed by atoms with Gasteiger partial charge in [0, 0.05) is 28.8 Å². The van der Waals surface area contributed by atoms with Crippen LogP contribution in [0.4, 0.5) is 5.69 Å². The van der Waals surface area contributed by atoms with Crippen LogP contribution in [0.1, 0.15) is 52.2 Å². The van der Waals surface area contributed by atoms with E-state index in [-0.39, 0.29) is 10.5 Å². The molecule has 1 atom stereocenters. The third-order valence-corrected chi connectivity index (χ3v) is 7.06. The van der Waals surface area contributed by atoms with Crippen LogP contribution in [0, 0.1) is 10.1 Å². The van der Waals surface area contributed by atoms with E-state index in [9.17, 15) is 23.3 Å². The van der Waals surface area contributed by atoms with Crippen molar-refractivity contribution in [2.45, 2.75) is 37.1 Å². The Morgan fingerprint density at radius 2 is 1.88 bits per heavy atom. The van der Waals surface area contributed by atoms with Crippen LogP contribution in [0.2, 0.25) is 0 Å². The molecule has 32 heavy (non-hydrogen) atoms. The van der Waals surface area contributed by atoms with E-state index in [1.54, 1.807) is 0 Å². The number of hydrogen-bond donors (Lipinski definition) is 1. The SMILES string of the molecule is CCCCc1ccc(C(NC(=O)c2cc([N+](=O)[O-])cc(S(C)(=O)=O)c2)c2cccs2)cc1. The van der Waals surface area contributed by atoms with Gasteiger partial charge in [-0.3, -0.25) is 14.9 Å². The molecule has 3 aromatic rings. The van der Waals surface area contributed by atoms with Crippen molar-refractivity contribution in [2.75, 3.05) is 6.26 Å². The summed E-state index contributed by atoms with van der Waals surface area (Å²) in [6.07, 6.45) is 4.13.